The standard InChI is InChI=1S/C12H20N2S/c13-8-4-7-12(14)10-15-9-11-5-2-1-3-6-11/h1-3,5-6,12H,4,7-10,13-14H2. The second-order valence-corrected chi connectivity index (χ2v) is 4.72. The first-order valence-electron chi connectivity index (χ1n) is 5.40. The molecule has 1 rings (SSSR count). The Morgan fingerprint density at radius 2 is 1.93 bits per heavy atom. The van der Waals surface area contributed by atoms with Gasteiger partial charge in [-0.1, -0.05) is 30.3 Å². The van der Waals surface area contributed by atoms with E-state index in [9.17, 15) is 0 Å². The van der Waals surface area contributed by atoms with Gasteiger partial charge in [0, 0.05) is 17.5 Å². The highest BCUT2D eigenvalue weighted by Crippen LogP contribution is 2.13. The minimum absolute atomic E-state index is 0.294. The van der Waals surface area contributed by atoms with Crippen LogP contribution >= 0.6 is 11.8 Å². The van der Waals surface area contributed by atoms with Gasteiger partial charge in [0.1, 0.15) is 0 Å². The van der Waals surface area contributed by atoms with Crippen molar-refractivity contribution in [3.8, 4) is 0 Å². The van der Waals surface area contributed by atoms with E-state index in [0.717, 1.165) is 30.9 Å². The van der Waals surface area contributed by atoms with Gasteiger partial charge in [0.15, 0.2) is 0 Å². The molecule has 0 spiro atoms. The first-order chi connectivity index (χ1) is 7.33. The second-order valence-electron chi connectivity index (χ2n) is 3.69. The van der Waals surface area contributed by atoms with Crippen LogP contribution in [-0.4, -0.2) is 18.3 Å². The summed E-state index contributed by atoms with van der Waals surface area (Å²) in [5.74, 6) is 2.08. The van der Waals surface area contributed by atoms with Crippen LogP contribution in [0, 0.1) is 0 Å². The van der Waals surface area contributed by atoms with Gasteiger partial charge in [-0.25, -0.2) is 0 Å². The van der Waals surface area contributed by atoms with Gasteiger partial charge in [0.25, 0.3) is 0 Å². The van der Waals surface area contributed by atoms with Crippen molar-refractivity contribution in [3.05, 3.63) is 35.9 Å². The number of thioether (sulfide) groups is 1. The lowest BCUT2D eigenvalue weighted by atomic mass is 10.2. The molecule has 1 unspecified atom stereocenters. The Morgan fingerprint density at radius 1 is 1.20 bits per heavy atom. The van der Waals surface area contributed by atoms with Gasteiger partial charge in [-0.2, -0.15) is 11.8 Å². The zero-order chi connectivity index (χ0) is 10.9. The number of nitrogens with two attached hydrogens (primary N) is 2. The highest BCUT2D eigenvalue weighted by Gasteiger charge is 2.01. The van der Waals surface area contributed by atoms with Crippen molar-refractivity contribution >= 4 is 11.8 Å². The molecule has 0 radical (unpaired) electrons. The van der Waals surface area contributed by atoms with Gasteiger partial charge in [-0.15, -0.1) is 0 Å². The number of benzene rings is 1. The lowest BCUT2D eigenvalue weighted by Crippen LogP contribution is -2.23. The second kappa shape index (κ2) is 7.74. The summed E-state index contributed by atoms with van der Waals surface area (Å²) >= 11 is 1.90. The molecule has 0 fully saturated rings. The minimum atomic E-state index is 0.294. The van der Waals surface area contributed by atoms with E-state index >= 15 is 0 Å². The molecule has 0 bridgehead atoms. The lowest BCUT2D eigenvalue weighted by molar-refractivity contribution is 0.638. The molecule has 84 valence electrons. The topological polar surface area (TPSA) is 52.0 Å². The minimum Gasteiger partial charge on any atom is -0.330 e. The van der Waals surface area contributed by atoms with Crippen molar-refractivity contribution in [3.63, 3.8) is 0 Å². The van der Waals surface area contributed by atoms with Crippen LogP contribution < -0.4 is 11.5 Å². The average Bonchev–Trinajstić information content (AvgIpc) is 2.28. The van der Waals surface area contributed by atoms with E-state index in [1.165, 1.54) is 5.56 Å². The van der Waals surface area contributed by atoms with Gasteiger partial charge < -0.3 is 11.5 Å². The molecule has 1 aromatic carbocycles. The summed E-state index contributed by atoms with van der Waals surface area (Å²) < 4.78 is 0. The summed E-state index contributed by atoms with van der Waals surface area (Å²) in [6, 6.07) is 10.8. The van der Waals surface area contributed by atoms with Gasteiger partial charge in [-0.05, 0) is 24.9 Å². The van der Waals surface area contributed by atoms with Gasteiger partial charge in [0.05, 0.1) is 0 Å². The third-order valence-electron chi connectivity index (χ3n) is 2.22. The van der Waals surface area contributed by atoms with E-state index < -0.39 is 0 Å². The van der Waals surface area contributed by atoms with Gasteiger partial charge in [0.2, 0.25) is 0 Å². The predicted octanol–water partition coefficient (Wildman–Crippen LogP) is 1.99. The zero-order valence-corrected chi connectivity index (χ0v) is 9.88. The first-order valence-corrected chi connectivity index (χ1v) is 6.55. The Bertz CT molecular complexity index is 251. The fourth-order valence-corrected chi connectivity index (χ4v) is 2.38. The molecule has 3 heteroatoms. The molecule has 0 aliphatic carbocycles. The van der Waals surface area contributed by atoms with E-state index in [0.29, 0.717) is 6.04 Å². The van der Waals surface area contributed by atoms with E-state index in [1.54, 1.807) is 0 Å². The van der Waals surface area contributed by atoms with Gasteiger partial charge in [-0.3, -0.25) is 0 Å². The van der Waals surface area contributed by atoms with Crippen LogP contribution in [-0.2, 0) is 5.75 Å². The van der Waals surface area contributed by atoms with E-state index in [4.69, 9.17) is 11.5 Å². The smallest absolute Gasteiger partial charge is 0.0185 e. The Kier molecular flexibility index (Phi) is 6.48. The fourth-order valence-electron chi connectivity index (χ4n) is 1.37. The van der Waals surface area contributed by atoms with Crippen LogP contribution in [0.15, 0.2) is 30.3 Å². The van der Waals surface area contributed by atoms with Crippen LogP contribution in [0.2, 0.25) is 0 Å². The summed E-state index contributed by atoms with van der Waals surface area (Å²) in [5, 5.41) is 0. The molecule has 1 aromatic rings. The van der Waals surface area contributed by atoms with Crippen molar-refractivity contribution in [2.75, 3.05) is 12.3 Å². The van der Waals surface area contributed by atoms with Crippen LogP contribution in [0.1, 0.15) is 18.4 Å². The highest BCUT2D eigenvalue weighted by atomic mass is 32.2. The van der Waals surface area contributed by atoms with Crippen molar-refractivity contribution in [1.29, 1.82) is 0 Å². The molecule has 0 aromatic heterocycles. The molecule has 0 heterocycles. The normalized spacial score (nSPS) is 12.7. The van der Waals surface area contributed by atoms with E-state index in [2.05, 4.69) is 24.3 Å². The first kappa shape index (κ1) is 12.6. The highest BCUT2D eigenvalue weighted by molar-refractivity contribution is 7.98. The third-order valence-corrected chi connectivity index (χ3v) is 3.42. The number of rotatable bonds is 7. The molecular weight excluding hydrogens is 204 g/mol. The Hall–Kier alpha value is -0.510. The molecule has 1 atom stereocenters. The number of hydrogen-bond acceptors (Lipinski definition) is 3. The van der Waals surface area contributed by atoms with Crippen molar-refractivity contribution in [2.24, 2.45) is 11.5 Å². The Labute approximate surface area is 96.4 Å². The van der Waals surface area contributed by atoms with Crippen molar-refractivity contribution in [2.45, 2.75) is 24.6 Å². The molecule has 0 amide bonds. The summed E-state index contributed by atoms with van der Waals surface area (Å²) in [7, 11) is 0. The molecule has 4 N–H and O–H groups in total. The average molecular weight is 224 g/mol. The van der Waals surface area contributed by atoms with E-state index in [1.807, 2.05) is 17.8 Å². The summed E-state index contributed by atoms with van der Waals surface area (Å²) in [5.41, 5.74) is 12.8. The molecule has 0 saturated carbocycles. The molecule has 0 saturated heterocycles. The summed E-state index contributed by atoms with van der Waals surface area (Å²) in [6.07, 6.45) is 2.07. The third kappa shape index (κ3) is 5.82. The predicted molar refractivity (Wildman–Crippen MR) is 68.9 cm³/mol. The quantitative estimate of drug-likeness (QED) is 0.744. The van der Waals surface area contributed by atoms with Crippen LogP contribution in [0.3, 0.4) is 0 Å². The molecular formula is C12H20N2S. The van der Waals surface area contributed by atoms with Crippen LogP contribution in [0.4, 0.5) is 0 Å². The van der Waals surface area contributed by atoms with Gasteiger partial charge >= 0.3 is 0 Å². The molecule has 2 nitrogen and oxygen atoms in total. The monoisotopic (exact) mass is 224 g/mol. The maximum atomic E-state index is 5.95. The van der Waals surface area contributed by atoms with Crippen molar-refractivity contribution < 1.29 is 0 Å². The largest absolute Gasteiger partial charge is 0.330 e. The molecule has 15 heavy (non-hydrogen) atoms. The van der Waals surface area contributed by atoms with Crippen LogP contribution in [0.25, 0.3) is 0 Å². The Morgan fingerprint density at radius 3 is 2.60 bits per heavy atom. The summed E-state index contributed by atoms with van der Waals surface area (Å²) in [6.45, 7) is 0.747. The number of hydrogen-bond donors (Lipinski definition) is 2. The SMILES string of the molecule is NCCCC(N)CSCc1ccccc1. The summed E-state index contributed by atoms with van der Waals surface area (Å²) in [4.78, 5) is 0. The van der Waals surface area contributed by atoms with Crippen LogP contribution in [0.5, 0.6) is 0 Å². The molecule has 0 aliphatic heterocycles. The lowest BCUT2D eigenvalue weighted by Gasteiger charge is -2.10. The maximum Gasteiger partial charge on any atom is 0.0185 e. The van der Waals surface area contributed by atoms with E-state index in [-0.39, 0.29) is 0 Å². The molecule has 0 aliphatic rings. The zero-order valence-electron chi connectivity index (χ0n) is 9.06. The fraction of sp³-hybridized carbons (Fsp3) is 0.500. The Balaban J connectivity index is 2.11. The van der Waals surface area contributed by atoms with Crippen molar-refractivity contribution in [1.82, 2.24) is 0 Å². The maximum absolute atomic E-state index is 5.95.